The number of halogens is 4. The smallest absolute Gasteiger partial charge is 0.387 e. The van der Waals surface area contributed by atoms with Crippen LogP contribution in [0.4, 0.5) is 17.6 Å². The average Bonchev–Trinajstić information content (AvgIpc) is 2.55. The fourth-order valence-corrected chi connectivity index (χ4v) is 1.77. The molecule has 0 aliphatic rings. The second-order valence-corrected chi connectivity index (χ2v) is 4.48. The fraction of sp³-hybridized carbons (Fsp3) is 0.267. The topological polar surface area (TPSA) is 61.3 Å². The number of esters is 1. The third kappa shape index (κ3) is 3.98. The lowest BCUT2D eigenvalue weighted by molar-refractivity contribution is -0.173. The van der Waals surface area contributed by atoms with Gasteiger partial charge in [0.25, 0.3) is 0 Å². The summed E-state index contributed by atoms with van der Waals surface area (Å²) in [5.41, 5.74) is -0.167. The molecule has 0 N–H and O–H groups in total. The fourth-order valence-electron chi connectivity index (χ4n) is 1.77. The van der Waals surface area contributed by atoms with Crippen LogP contribution in [0.25, 0.3) is 11.3 Å². The molecule has 0 spiro atoms. The molecule has 0 unspecified atom stereocenters. The molecule has 1 aromatic carbocycles. The highest BCUT2D eigenvalue weighted by Gasteiger charge is 2.44. The van der Waals surface area contributed by atoms with Gasteiger partial charge in [0.15, 0.2) is 0 Å². The molecule has 2 aromatic rings. The van der Waals surface area contributed by atoms with Gasteiger partial charge in [-0.1, -0.05) is 0 Å². The minimum atomic E-state index is -3.91. The zero-order chi connectivity index (χ0) is 17.7. The molecule has 0 fully saturated rings. The van der Waals surface area contributed by atoms with Crippen LogP contribution in [0.3, 0.4) is 0 Å². The number of rotatable bonds is 6. The molecule has 128 valence electrons. The zero-order valence-corrected chi connectivity index (χ0v) is 12.4. The normalized spacial score (nSPS) is 11.4. The van der Waals surface area contributed by atoms with Gasteiger partial charge in [-0.3, -0.25) is 9.97 Å². The first-order valence-electron chi connectivity index (χ1n) is 6.77. The third-order valence-electron chi connectivity index (χ3n) is 2.88. The number of alkyl halides is 4. The minimum Gasteiger partial charge on any atom is -0.461 e. The Morgan fingerprint density at radius 1 is 1.17 bits per heavy atom. The molecule has 1 aromatic heterocycles. The molecule has 0 radical (unpaired) electrons. The van der Waals surface area contributed by atoms with Gasteiger partial charge in [-0.25, -0.2) is 4.79 Å². The van der Waals surface area contributed by atoms with E-state index < -0.39 is 24.2 Å². The summed E-state index contributed by atoms with van der Waals surface area (Å²) >= 11 is 0. The van der Waals surface area contributed by atoms with Gasteiger partial charge in [0.05, 0.1) is 24.7 Å². The van der Waals surface area contributed by atoms with E-state index in [4.69, 9.17) is 0 Å². The van der Waals surface area contributed by atoms with Crippen molar-refractivity contribution >= 4 is 5.97 Å². The number of nitrogens with zero attached hydrogens (tertiary/aromatic N) is 2. The van der Waals surface area contributed by atoms with Crippen LogP contribution >= 0.6 is 0 Å². The van der Waals surface area contributed by atoms with Gasteiger partial charge in [-0.2, -0.15) is 17.6 Å². The third-order valence-corrected chi connectivity index (χ3v) is 2.88. The van der Waals surface area contributed by atoms with E-state index in [2.05, 4.69) is 19.4 Å². The van der Waals surface area contributed by atoms with Crippen LogP contribution in [0, 0.1) is 0 Å². The highest BCUT2D eigenvalue weighted by molar-refractivity contribution is 5.78. The number of ether oxygens (including phenoxy) is 2. The molecule has 0 aliphatic carbocycles. The molecule has 0 bridgehead atoms. The Bertz CT molecular complexity index is 691. The summed E-state index contributed by atoms with van der Waals surface area (Å²) in [6.07, 6.45) is 1.81. The second-order valence-electron chi connectivity index (χ2n) is 4.48. The maximum absolute atomic E-state index is 13.8. The summed E-state index contributed by atoms with van der Waals surface area (Å²) in [5.74, 6) is -5.66. The number of aromatic nitrogens is 2. The lowest BCUT2D eigenvalue weighted by Gasteiger charge is -2.13. The highest BCUT2D eigenvalue weighted by Crippen LogP contribution is 2.28. The molecular weight excluding hydrogens is 332 g/mol. The summed E-state index contributed by atoms with van der Waals surface area (Å²) in [4.78, 5) is 18.6. The Hall–Kier alpha value is -2.71. The van der Waals surface area contributed by atoms with E-state index in [-0.39, 0.29) is 18.1 Å². The summed E-state index contributed by atoms with van der Waals surface area (Å²) in [6, 6.07) is 5.41. The molecule has 2 rings (SSSR count). The van der Waals surface area contributed by atoms with Crippen molar-refractivity contribution in [2.45, 2.75) is 19.5 Å². The maximum atomic E-state index is 13.8. The molecule has 9 heteroatoms. The van der Waals surface area contributed by atoms with Gasteiger partial charge in [-0.05, 0) is 31.2 Å². The van der Waals surface area contributed by atoms with Crippen LogP contribution in [0.2, 0.25) is 0 Å². The predicted octanol–water partition coefficient (Wildman–Crippen LogP) is 3.40. The van der Waals surface area contributed by atoms with E-state index in [0.29, 0.717) is 5.56 Å². The van der Waals surface area contributed by atoms with Crippen LogP contribution in [0.1, 0.15) is 12.6 Å². The van der Waals surface area contributed by atoms with Crippen molar-refractivity contribution < 1.29 is 31.8 Å². The van der Waals surface area contributed by atoms with Crippen molar-refractivity contribution in [1.29, 1.82) is 0 Å². The van der Waals surface area contributed by atoms with Crippen molar-refractivity contribution in [1.82, 2.24) is 9.97 Å². The first-order chi connectivity index (χ1) is 11.3. The van der Waals surface area contributed by atoms with Crippen LogP contribution < -0.4 is 4.74 Å². The lowest BCUT2D eigenvalue weighted by atomic mass is 10.1. The van der Waals surface area contributed by atoms with E-state index >= 15 is 0 Å². The SMILES string of the molecule is CCOC(=O)C(F)(F)c1cnc(-c2ccc(OC(F)F)cc2)cn1. The van der Waals surface area contributed by atoms with Crippen LogP contribution in [0.15, 0.2) is 36.7 Å². The first-order valence-corrected chi connectivity index (χ1v) is 6.77. The quantitative estimate of drug-likeness (QED) is 0.594. The molecule has 24 heavy (non-hydrogen) atoms. The summed E-state index contributed by atoms with van der Waals surface area (Å²) < 4.78 is 60.2. The van der Waals surface area contributed by atoms with E-state index in [1.807, 2.05) is 0 Å². The number of hydrogen-bond donors (Lipinski definition) is 0. The van der Waals surface area contributed by atoms with Crippen LogP contribution in [-0.2, 0) is 15.5 Å². The molecule has 0 saturated heterocycles. The van der Waals surface area contributed by atoms with Gasteiger partial charge in [0.1, 0.15) is 11.4 Å². The van der Waals surface area contributed by atoms with E-state index in [0.717, 1.165) is 12.4 Å². The van der Waals surface area contributed by atoms with Gasteiger partial charge < -0.3 is 9.47 Å². The van der Waals surface area contributed by atoms with Gasteiger partial charge >= 0.3 is 18.5 Å². The molecule has 5 nitrogen and oxygen atoms in total. The highest BCUT2D eigenvalue weighted by atomic mass is 19.3. The van der Waals surface area contributed by atoms with Gasteiger partial charge in [-0.15, -0.1) is 0 Å². The number of carbonyl (C=O) groups excluding carboxylic acids is 1. The van der Waals surface area contributed by atoms with Crippen molar-refractivity contribution in [2.75, 3.05) is 6.61 Å². The molecule has 0 amide bonds. The lowest BCUT2D eigenvalue weighted by Crippen LogP contribution is -2.29. The molecular formula is C15H12F4N2O3. The number of carbonyl (C=O) groups is 1. The Morgan fingerprint density at radius 3 is 2.33 bits per heavy atom. The molecule has 0 atom stereocenters. The second kappa shape index (κ2) is 7.24. The van der Waals surface area contributed by atoms with Gasteiger partial charge in [0, 0.05) is 5.56 Å². The molecule has 1 heterocycles. The van der Waals surface area contributed by atoms with E-state index in [9.17, 15) is 22.4 Å². The Kier molecular flexibility index (Phi) is 5.32. The zero-order valence-electron chi connectivity index (χ0n) is 12.4. The van der Waals surface area contributed by atoms with Crippen molar-refractivity contribution in [3.8, 4) is 17.0 Å². The van der Waals surface area contributed by atoms with E-state index in [1.165, 1.54) is 31.2 Å². The molecule has 0 aliphatic heterocycles. The Labute approximate surface area is 134 Å². The van der Waals surface area contributed by atoms with E-state index in [1.54, 1.807) is 0 Å². The van der Waals surface area contributed by atoms with Crippen LogP contribution in [-0.4, -0.2) is 29.2 Å². The predicted molar refractivity (Wildman–Crippen MR) is 74.6 cm³/mol. The van der Waals surface area contributed by atoms with Crippen LogP contribution in [0.5, 0.6) is 5.75 Å². The summed E-state index contributed by atoms with van der Waals surface area (Å²) in [5, 5.41) is 0. The summed E-state index contributed by atoms with van der Waals surface area (Å²) in [6.45, 7) is -1.73. The van der Waals surface area contributed by atoms with Gasteiger partial charge in [0.2, 0.25) is 0 Å². The van der Waals surface area contributed by atoms with Crippen molar-refractivity contribution in [3.63, 3.8) is 0 Å². The van der Waals surface area contributed by atoms with Crippen molar-refractivity contribution in [3.05, 3.63) is 42.4 Å². The Balaban J connectivity index is 2.18. The number of hydrogen-bond acceptors (Lipinski definition) is 5. The monoisotopic (exact) mass is 344 g/mol. The summed E-state index contributed by atoms with van der Waals surface area (Å²) in [7, 11) is 0. The largest absolute Gasteiger partial charge is 0.461 e. The molecule has 0 saturated carbocycles. The van der Waals surface area contributed by atoms with Crippen molar-refractivity contribution in [2.24, 2.45) is 0 Å². The number of benzene rings is 1. The maximum Gasteiger partial charge on any atom is 0.387 e. The minimum absolute atomic E-state index is 0.0489. The first kappa shape index (κ1) is 17.6. The standard InChI is InChI=1S/C15H12F4N2O3/c1-2-23-13(22)15(18,19)12-8-20-11(7-21-12)9-3-5-10(6-4-9)24-14(16)17/h3-8,14H,2H2,1H3. The Morgan fingerprint density at radius 2 is 1.83 bits per heavy atom. The average molecular weight is 344 g/mol.